The molecule has 0 heterocycles. The van der Waals surface area contributed by atoms with Crippen molar-refractivity contribution in [3.8, 4) is 0 Å². The summed E-state index contributed by atoms with van der Waals surface area (Å²) >= 11 is 0. The fourth-order valence-electron chi connectivity index (χ4n) is 1.74. The van der Waals surface area contributed by atoms with E-state index < -0.39 is 36.7 Å². The van der Waals surface area contributed by atoms with Gasteiger partial charge in [0.25, 0.3) is 0 Å². The van der Waals surface area contributed by atoms with Crippen LogP contribution in [0.3, 0.4) is 0 Å². The molecule has 5 nitrogen and oxygen atoms in total. The van der Waals surface area contributed by atoms with Crippen molar-refractivity contribution in [3.63, 3.8) is 0 Å². The van der Waals surface area contributed by atoms with Crippen molar-refractivity contribution >= 4 is 5.97 Å². The van der Waals surface area contributed by atoms with Gasteiger partial charge < -0.3 is 15.5 Å². The van der Waals surface area contributed by atoms with Crippen LogP contribution in [0.4, 0.5) is 17.6 Å². The first-order valence-electron chi connectivity index (χ1n) is 5.54. The molecule has 110 valence electrons. The Bertz CT molecular complexity index is 387. The number of carbonyl (C=O) groups excluding carboxylic acids is 1. The minimum absolute atomic E-state index is 0.0433. The molecule has 1 aliphatic rings. The van der Waals surface area contributed by atoms with Gasteiger partial charge in [-0.3, -0.25) is 0 Å². The largest absolute Gasteiger partial charge is 0.461 e. The standard InChI is InChI=1S/C10H15F4N3O2/c1-2-19-8(18)7(4-15)17(16)5-6-3-9(11,12)10(6,13)14/h4,6H,2-3,5,15-16H2,1H3/b7-4-. The van der Waals surface area contributed by atoms with E-state index in [1.807, 2.05) is 0 Å². The van der Waals surface area contributed by atoms with E-state index in [-0.39, 0.29) is 12.3 Å². The van der Waals surface area contributed by atoms with Crippen molar-refractivity contribution in [2.75, 3.05) is 13.2 Å². The Hall–Kier alpha value is -1.51. The van der Waals surface area contributed by atoms with Crippen LogP contribution < -0.4 is 11.6 Å². The average molecular weight is 285 g/mol. The van der Waals surface area contributed by atoms with Crippen LogP contribution in [-0.4, -0.2) is 36.0 Å². The number of esters is 1. The summed E-state index contributed by atoms with van der Waals surface area (Å²) in [6.45, 7) is 0.958. The number of halogens is 4. The smallest absolute Gasteiger partial charge is 0.357 e. The third-order valence-corrected chi connectivity index (χ3v) is 2.87. The maximum absolute atomic E-state index is 13.1. The maximum atomic E-state index is 13.1. The Morgan fingerprint density at radius 3 is 2.42 bits per heavy atom. The molecule has 4 N–H and O–H groups in total. The van der Waals surface area contributed by atoms with Gasteiger partial charge in [0.1, 0.15) is 0 Å². The van der Waals surface area contributed by atoms with Gasteiger partial charge in [-0.05, 0) is 6.92 Å². The first kappa shape index (κ1) is 15.5. The summed E-state index contributed by atoms with van der Waals surface area (Å²) < 4.78 is 56.0. The Kier molecular flexibility index (Phi) is 4.28. The molecule has 9 heteroatoms. The number of ether oxygens (including phenoxy) is 1. The predicted molar refractivity (Wildman–Crippen MR) is 57.8 cm³/mol. The molecule has 0 saturated heterocycles. The quantitative estimate of drug-likeness (QED) is 0.257. The zero-order chi connectivity index (χ0) is 14.8. The summed E-state index contributed by atoms with van der Waals surface area (Å²) in [4.78, 5) is 11.4. The van der Waals surface area contributed by atoms with E-state index in [9.17, 15) is 22.4 Å². The highest BCUT2D eigenvalue weighted by Gasteiger charge is 2.71. The van der Waals surface area contributed by atoms with Crippen molar-refractivity contribution in [2.24, 2.45) is 17.5 Å². The minimum atomic E-state index is -4.14. The van der Waals surface area contributed by atoms with E-state index in [1.165, 1.54) is 6.92 Å². The SMILES string of the molecule is CCOC(=O)/C(=C/N)N(N)CC1CC(F)(F)C1(F)F. The first-order chi connectivity index (χ1) is 8.67. The molecule has 0 amide bonds. The lowest BCUT2D eigenvalue weighted by Gasteiger charge is -2.45. The number of alkyl halides is 4. The molecule has 1 fully saturated rings. The van der Waals surface area contributed by atoms with E-state index in [4.69, 9.17) is 11.6 Å². The van der Waals surface area contributed by atoms with Crippen LogP contribution in [-0.2, 0) is 9.53 Å². The number of hydrazine groups is 1. The molecule has 0 aromatic rings. The molecule has 1 unspecified atom stereocenters. The molecule has 1 saturated carbocycles. The Labute approximate surface area is 107 Å². The fraction of sp³-hybridized carbons (Fsp3) is 0.700. The molecule has 1 atom stereocenters. The molecule has 0 bridgehead atoms. The van der Waals surface area contributed by atoms with Crippen molar-refractivity contribution in [1.82, 2.24) is 5.01 Å². The number of hydrogen-bond acceptors (Lipinski definition) is 5. The second kappa shape index (κ2) is 5.24. The lowest BCUT2D eigenvalue weighted by atomic mass is 9.76. The Morgan fingerprint density at radius 1 is 1.47 bits per heavy atom. The van der Waals surface area contributed by atoms with E-state index in [0.717, 1.165) is 6.20 Å². The fourth-order valence-corrected chi connectivity index (χ4v) is 1.74. The van der Waals surface area contributed by atoms with Gasteiger partial charge in [-0.15, -0.1) is 0 Å². The third kappa shape index (κ3) is 2.75. The minimum Gasteiger partial charge on any atom is -0.461 e. The van der Waals surface area contributed by atoms with Crippen LogP contribution in [0.5, 0.6) is 0 Å². The summed E-state index contributed by atoms with van der Waals surface area (Å²) in [7, 11) is 0. The van der Waals surface area contributed by atoms with E-state index >= 15 is 0 Å². The summed E-state index contributed by atoms with van der Waals surface area (Å²) in [6.07, 6.45) is -0.207. The maximum Gasteiger partial charge on any atom is 0.357 e. The summed E-state index contributed by atoms with van der Waals surface area (Å²) in [5.41, 5.74) is 4.79. The molecule has 0 aliphatic heterocycles. The van der Waals surface area contributed by atoms with E-state index in [1.54, 1.807) is 0 Å². The van der Waals surface area contributed by atoms with Gasteiger partial charge in [0.2, 0.25) is 0 Å². The number of nitrogens with zero attached hydrogens (tertiary/aromatic N) is 1. The molecular formula is C10H15F4N3O2. The monoisotopic (exact) mass is 285 g/mol. The van der Waals surface area contributed by atoms with Gasteiger partial charge in [0.15, 0.2) is 5.70 Å². The van der Waals surface area contributed by atoms with Crippen LogP contribution in [0, 0.1) is 5.92 Å². The van der Waals surface area contributed by atoms with Gasteiger partial charge in [-0.2, -0.15) is 17.6 Å². The van der Waals surface area contributed by atoms with E-state index in [2.05, 4.69) is 4.74 Å². The van der Waals surface area contributed by atoms with Crippen LogP contribution in [0.2, 0.25) is 0 Å². The molecule has 0 aromatic carbocycles. The third-order valence-electron chi connectivity index (χ3n) is 2.87. The number of carbonyl (C=O) groups is 1. The highest BCUT2D eigenvalue weighted by molar-refractivity contribution is 5.87. The van der Waals surface area contributed by atoms with Crippen molar-refractivity contribution in [3.05, 3.63) is 11.9 Å². The number of nitrogens with two attached hydrogens (primary N) is 2. The summed E-state index contributed by atoms with van der Waals surface area (Å²) in [5, 5.41) is 0.603. The second-order valence-electron chi connectivity index (χ2n) is 4.15. The van der Waals surface area contributed by atoms with Crippen molar-refractivity contribution in [1.29, 1.82) is 0 Å². The van der Waals surface area contributed by atoms with Crippen LogP contribution in [0.15, 0.2) is 11.9 Å². The van der Waals surface area contributed by atoms with Crippen LogP contribution in [0.1, 0.15) is 13.3 Å². The van der Waals surface area contributed by atoms with Crippen molar-refractivity contribution in [2.45, 2.75) is 25.2 Å². The van der Waals surface area contributed by atoms with Gasteiger partial charge >= 0.3 is 17.8 Å². The van der Waals surface area contributed by atoms with Gasteiger partial charge in [0.05, 0.1) is 12.5 Å². The predicted octanol–water partition coefficient (Wildman–Crippen LogP) is 0.816. The highest BCUT2D eigenvalue weighted by Crippen LogP contribution is 2.55. The highest BCUT2D eigenvalue weighted by atomic mass is 19.3. The normalized spacial score (nSPS) is 24.5. The van der Waals surface area contributed by atoms with Gasteiger partial charge in [-0.1, -0.05) is 0 Å². The van der Waals surface area contributed by atoms with Gasteiger partial charge in [-0.25, -0.2) is 10.6 Å². The second-order valence-corrected chi connectivity index (χ2v) is 4.15. The molecule has 19 heavy (non-hydrogen) atoms. The molecule has 1 aliphatic carbocycles. The lowest BCUT2D eigenvalue weighted by Crippen LogP contribution is -2.62. The molecule has 0 aromatic heterocycles. The van der Waals surface area contributed by atoms with Gasteiger partial charge in [0, 0.05) is 19.2 Å². The lowest BCUT2D eigenvalue weighted by molar-refractivity contribution is -0.315. The van der Waals surface area contributed by atoms with Crippen LogP contribution >= 0.6 is 0 Å². The first-order valence-corrected chi connectivity index (χ1v) is 5.54. The van der Waals surface area contributed by atoms with Crippen molar-refractivity contribution < 1.29 is 27.1 Å². The zero-order valence-corrected chi connectivity index (χ0v) is 10.2. The Balaban J connectivity index is 2.66. The summed E-state index contributed by atoms with van der Waals surface area (Å²) in [6, 6.07) is 0. The van der Waals surface area contributed by atoms with E-state index in [0.29, 0.717) is 5.01 Å². The number of rotatable bonds is 5. The van der Waals surface area contributed by atoms with Crippen LogP contribution in [0.25, 0.3) is 0 Å². The number of hydrogen-bond donors (Lipinski definition) is 2. The average Bonchev–Trinajstić information content (AvgIpc) is 2.29. The topological polar surface area (TPSA) is 81.6 Å². The molecule has 0 radical (unpaired) electrons. The summed E-state index contributed by atoms with van der Waals surface area (Å²) in [5.74, 6) is -5.33. The molecule has 1 rings (SSSR count). The zero-order valence-electron chi connectivity index (χ0n) is 10.2. The Morgan fingerprint density at radius 2 is 2.05 bits per heavy atom. The molecule has 0 spiro atoms. The molecular weight excluding hydrogens is 270 g/mol.